The molecular weight excluding hydrogens is 306 g/mol. The van der Waals surface area contributed by atoms with Crippen LogP contribution in [0.4, 0.5) is 17.6 Å². The Kier molecular flexibility index (Phi) is 6.19. The third kappa shape index (κ3) is 6.32. The Bertz CT molecular complexity index is 454. The zero-order chi connectivity index (χ0) is 16.3. The van der Waals surface area contributed by atoms with Crippen LogP contribution in [0, 0.1) is 6.92 Å². The summed E-state index contributed by atoms with van der Waals surface area (Å²) in [4.78, 5) is 2.00. The first-order valence-electron chi connectivity index (χ1n) is 6.58. The lowest BCUT2D eigenvalue weighted by molar-refractivity contribution is -0.168. The number of hydrogen-bond acceptors (Lipinski definition) is 3. The van der Waals surface area contributed by atoms with Crippen LogP contribution in [0.2, 0.25) is 0 Å². The second-order valence-electron chi connectivity index (χ2n) is 5.95. The van der Waals surface area contributed by atoms with Crippen LogP contribution in [0.1, 0.15) is 36.1 Å². The van der Waals surface area contributed by atoms with Gasteiger partial charge in [0.05, 0.1) is 6.61 Å². The summed E-state index contributed by atoms with van der Waals surface area (Å²) in [5.74, 6) is -4.10. The van der Waals surface area contributed by atoms with Crippen molar-refractivity contribution in [3.63, 3.8) is 0 Å². The van der Waals surface area contributed by atoms with E-state index in [1.165, 1.54) is 0 Å². The Labute approximate surface area is 126 Å². The predicted octanol–water partition coefficient (Wildman–Crippen LogP) is 4.36. The molecule has 1 aromatic rings. The quantitative estimate of drug-likeness (QED) is 0.751. The average Bonchev–Trinajstić information content (AvgIpc) is 2.66. The lowest BCUT2D eigenvalue weighted by Gasteiger charge is -2.19. The third-order valence-corrected chi connectivity index (χ3v) is 3.83. The third-order valence-electron chi connectivity index (χ3n) is 2.74. The number of ether oxygens (including phenoxy) is 1. The van der Waals surface area contributed by atoms with Gasteiger partial charge in [0, 0.05) is 21.8 Å². The summed E-state index contributed by atoms with van der Waals surface area (Å²) >= 11 is 1.54. The van der Waals surface area contributed by atoms with Crippen LogP contribution in [-0.4, -0.2) is 24.5 Å². The molecule has 0 unspecified atom stereocenters. The molecule has 0 aliphatic rings. The van der Waals surface area contributed by atoms with Crippen LogP contribution >= 0.6 is 11.3 Å². The minimum absolute atomic E-state index is 0.0200. The van der Waals surface area contributed by atoms with Crippen molar-refractivity contribution < 1.29 is 22.3 Å². The van der Waals surface area contributed by atoms with Crippen molar-refractivity contribution in [3.8, 4) is 0 Å². The fourth-order valence-corrected chi connectivity index (χ4v) is 2.52. The van der Waals surface area contributed by atoms with Gasteiger partial charge >= 0.3 is 12.3 Å². The Morgan fingerprint density at radius 2 is 1.90 bits per heavy atom. The van der Waals surface area contributed by atoms with Gasteiger partial charge in [-0.3, -0.25) is 0 Å². The molecule has 1 aromatic heterocycles. The molecule has 21 heavy (non-hydrogen) atoms. The van der Waals surface area contributed by atoms with Gasteiger partial charge < -0.3 is 10.1 Å². The monoisotopic (exact) mass is 327 g/mol. The Balaban J connectivity index is 2.51. The van der Waals surface area contributed by atoms with E-state index in [0.717, 1.165) is 15.3 Å². The molecule has 2 nitrogen and oxygen atoms in total. The van der Waals surface area contributed by atoms with E-state index in [2.05, 4.69) is 5.32 Å². The summed E-state index contributed by atoms with van der Waals surface area (Å²) in [5.41, 5.74) is 0.740. The minimum atomic E-state index is -4.10. The van der Waals surface area contributed by atoms with Gasteiger partial charge in [-0.1, -0.05) is 0 Å². The number of hydrogen-bond donors (Lipinski definition) is 1. The van der Waals surface area contributed by atoms with Crippen LogP contribution in [0.5, 0.6) is 0 Å². The Morgan fingerprint density at radius 1 is 1.29 bits per heavy atom. The summed E-state index contributed by atoms with van der Waals surface area (Å²) in [6, 6.07) is 1.86. The van der Waals surface area contributed by atoms with E-state index in [4.69, 9.17) is 4.74 Å². The van der Waals surface area contributed by atoms with Crippen molar-refractivity contribution in [2.24, 2.45) is 0 Å². The summed E-state index contributed by atoms with van der Waals surface area (Å²) in [6.07, 6.45) is -3.70. The van der Waals surface area contributed by atoms with Crippen LogP contribution in [0.3, 0.4) is 0 Å². The van der Waals surface area contributed by atoms with Crippen molar-refractivity contribution in [1.29, 1.82) is 0 Å². The van der Waals surface area contributed by atoms with Crippen molar-refractivity contribution in [1.82, 2.24) is 5.32 Å². The lowest BCUT2D eigenvalue weighted by atomic mass is 10.1. The van der Waals surface area contributed by atoms with Crippen molar-refractivity contribution >= 4 is 11.3 Å². The molecule has 0 radical (unpaired) electrons. The average molecular weight is 327 g/mol. The highest BCUT2D eigenvalue weighted by atomic mass is 32.1. The molecule has 122 valence electrons. The van der Waals surface area contributed by atoms with Crippen LogP contribution < -0.4 is 5.32 Å². The largest absolute Gasteiger partial charge is 0.370 e. The maximum absolute atomic E-state index is 12.7. The molecule has 0 atom stereocenters. The molecule has 0 amide bonds. The molecule has 7 heteroatoms. The smallest absolute Gasteiger partial charge is 0.330 e. The van der Waals surface area contributed by atoms with E-state index in [1.807, 2.05) is 33.8 Å². The van der Waals surface area contributed by atoms with E-state index < -0.39 is 19.0 Å². The fourth-order valence-electron chi connectivity index (χ4n) is 1.53. The molecule has 0 aliphatic carbocycles. The molecule has 0 saturated carbocycles. The maximum Gasteiger partial charge on any atom is 0.330 e. The second kappa shape index (κ2) is 7.07. The summed E-state index contributed by atoms with van der Waals surface area (Å²) in [7, 11) is 0. The Morgan fingerprint density at radius 3 is 2.43 bits per heavy atom. The number of nitrogens with one attached hydrogen (secondary N) is 1. The van der Waals surface area contributed by atoms with Gasteiger partial charge in [0.2, 0.25) is 0 Å². The van der Waals surface area contributed by atoms with Gasteiger partial charge in [0.15, 0.2) is 0 Å². The van der Waals surface area contributed by atoms with Crippen LogP contribution in [0.15, 0.2) is 6.07 Å². The molecule has 0 aliphatic heterocycles. The van der Waals surface area contributed by atoms with E-state index in [0.29, 0.717) is 6.54 Å². The highest BCUT2D eigenvalue weighted by Gasteiger charge is 2.40. The predicted molar refractivity (Wildman–Crippen MR) is 76.3 cm³/mol. The maximum atomic E-state index is 12.7. The zero-order valence-electron chi connectivity index (χ0n) is 12.6. The molecule has 1 heterocycles. The van der Waals surface area contributed by atoms with E-state index in [-0.39, 0.29) is 12.1 Å². The first kappa shape index (κ1) is 18.4. The van der Waals surface area contributed by atoms with E-state index >= 15 is 0 Å². The normalized spacial score (nSPS) is 13.2. The molecule has 1 rings (SSSR count). The zero-order valence-corrected chi connectivity index (χ0v) is 13.4. The number of alkyl halides is 4. The standard InChI is InChI=1S/C14H21F4NOS/c1-9-10(7-20-8-14(17,18)12(15)16)5-11(21-9)6-19-13(2,3)4/h5,12,19H,6-8H2,1-4H3. The molecule has 0 aromatic carbocycles. The first-order chi connectivity index (χ1) is 9.51. The van der Waals surface area contributed by atoms with Crippen molar-refractivity contribution in [2.45, 2.75) is 58.7 Å². The molecule has 0 bridgehead atoms. The van der Waals surface area contributed by atoms with Crippen LogP contribution in [0.25, 0.3) is 0 Å². The number of thiophene rings is 1. The fraction of sp³-hybridized carbons (Fsp3) is 0.714. The molecule has 0 fully saturated rings. The van der Waals surface area contributed by atoms with Gasteiger partial charge in [0.25, 0.3) is 0 Å². The Hall–Kier alpha value is -0.660. The lowest BCUT2D eigenvalue weighted by Crippen LogP contribution is -2.34. The van der Waals surface area contributed by atoms with Gasteiger partial charge in [-0.05, 0) is 39.3 Å². The van der Waals surface area contributed by atoms with E-state index in [1.54, 1.807) is 11.3 Å². The summed E-state index contributed by atoms with van der Waals surface area (Å²) in [6.45, 7) is 7.31. The van der Waals surface area contributed by atoms with Crippen LogP contribution in [-0.2, 0) is 17.9 Å². The van der Waals surface area contributed by atoms with E-state index in [9.17, 15) is 17.6 Å². The second-order valence-corrected chi connectivity index (χ2v) is 7.29. The minimum Gasteiger partial charge on any atom is -0.370 e. The SMILES string of the molecule is Cc1sc(CNC(C)(C)C)cc1COCC(F)(F)C(F)F. The molecule has 0 spiro atoms. The number of aryl methyl sites for hydroxylation is 1. The van der Waals surface area contributed by atoms with Crippen molar-refractivity contribution in [3.05, 3.63) is 21.4 Å². The summed E-state index contributed by atoms with van der Waals surface area (Å²) < 4.78 is 54.2. The molecule has 0 saturated heterocycles. The van der Waals surface area contributed by atoms with Gasteiger partial charge in [-0.2, -0.15) is 8.78 Å². The summed E-state index contributed by atoms with van der Waals surface area (Å²) in [5, 5.41) is 3.32. The topological polar surface area (TPSA) is 21.3 Å². The number of rotatable bonds is 7. The molecular formula is C14H21F4NOS. The van der Waals surface area contributed by atoms with Gasteiger partial charge in [-0.15, -0.1) is 11.3 Å². The number of halogens is 4. The highest BCUT2D eigenvalue weighted by Crippen LogP contribution is 2.26. The highest BCUT2D eigenvalue weighted by molar-refractivity contribution is 7.12. The first-order valence-corrected chi connectivity index (χ1v) is 7.40. The van der Waals surface area contributed by atoms with Crippen molar-refractivity contribution in [2.75, 3.05) is 6.61 Å². The van der Waals surface area contributed by atoms with Gasteiger partial charge in [0.1, 0.15) is 6.61 Å². The van der Waals surface area contributed by atoms with Gasteiger partial charge in [-0.25, -0.2) is 8.78 Å². The molecule has 1 N–H and O–H groups in total.